The Balaban J connectivity index is 1.36. The van der Waals surface area contributed by atoms with Crippen molar-refractivity contribution in [1.29, 1.82) is 0 Å². The first-order valence-corrected chi connectivity index (χ1v) is 23.6. The number of aromatic nitrogens is 3. The molecule has 6 rings (SSSR count). The summed E-state index contributed by atoms with van der Waals surface area (Å²) in [6.45, 7) is -0.847. The fourth-order valence-corrected chi connectivity index (χ4v) is 9.26. The van der Waals surface area contributed by atoms with E-state index in [0.29, 0.717) is 0 Å². The van der Waals surface area contributed by atoms with E-state index >= 15 is 0 Å². The van der Waals surface area contributed by atoms with Crippen LogP contribution in [0.3, 0.4) is 0 Å². The number of phenolic OH excluding ortho intramolecular Hbond substituents is 1. The lowest BCUT2D eigenvalue weighted by Gasteiger charge is -2.14. The molecule has 0 fully saturated rings. The molecule has 60 heavy (non-hydrogen) atoms. The zero-order chi connectivity index (χ0) is 44.0. The molecule has 7 N–H and O–H groups in total. The molecule has 0 aliphatic heterocycles. The highest BCUT2D eigenvalue weighted by Crippen LogP contribution is 2.43. The van der Waals surface area contributed by atoms with Gasteiger partial charge in [0.1, 0.15) is 21.2 Å². The Morgan fingerprint density at radius 3 is 1.90 bits per heavy atom. The molecule has 0 saturated carbocycles. The fourth-order valence-electron chi connectivity index (χ4n) is 5.53. The number of hydrogen-bond donors (Lipinski definition) is 7. The van der Waals surface area contributed by atoms with Crippen LogP contribution in [-0.2, 0) is 54.8 Å². The van der Waals surface area contributed by atoms with Crippen molar-refractivity contribution in [3.8, 4) is 5.75 Å². The summed E-state index contributed by atoms with van der Waals surface area (Å²) in [4.78, 5) is 9.56. The van der Waals surface area contributed by atoms with Crippen LogP contribution in [0.5, 0.6) is 5.75 Å². The Labute approximate surface area is 343 Å². The van der Waals surface area contributed by atoms with Crippen molar-refractivity contribution < 1.29 is 69.6 Å². The molecule has 0 saturated heterocycles. The fraction of sp³-hybridized carbons (Fsp3) is 0.0645. The van der Waals surface area contributed by atoms with Gasteiger partial charge in [0.05, 0.1) is 27.8 Å². The van der Waals surface area contributed by atoms with Crippen molar-refractivity contribution >= 4 is 118 Å². The van der Waals surface area contributed by atoms with Crippen molar-refractivity contribution in [2.75, 3.05) is 23.0 Å². The highest BCUT2D eigenvalue weighted by Gasteiger charge is 2.25. The summed E-state index contributed by atoms with van der Waals surface area (Å²) in [6.07, 6.45) is 0. The first-order valence-electron chi connectivity index (χ1n) is 15.9. The van der Waals surface area contributed by atoms with Crippen LogP contribution in [0.2, 0.25) is 5.28 Å². The van der Waals surface area contributed by atoms with E-state index < -0.39 is 94.4 Å². The number of phenols is 1. The number of nitrogens with one attached hydrogen (secondary N) is 2. The number of rotatable bonds is 14. The first-order chi connectivity index (χ1) is 27.8. The maximum absolute atomic E-state index is 12.5. The Bertz CT molecular complexity index is 3340. The molecule has 6 aromatic rings. The highest BCUT2D eigenvalue weighted by atomic mass is 35.5. The predicted molar refractivity (Wildman–Crippen MR) is 211 cm³/mol. The van der Waals surface area contributed by atoms with Gasteiger partial charge in [-0.2, -0.15) is 48.6 Å². The minimum Gasteiger partial charge on any atom is -0.505 e. The molecule has 1 aromatic heterocycles. The summed E-state index contributed by atoms with van der Waals surface area (Å²) in [5.74, 6) is -2.12. The van der Waals surface area contributed by atoms with E-state index in [0.717, 1.165) is 60.7 Å². The summed E-state index contributed by atoms with van der Waals surface area (Å²) in [6, 6.07) is 14.4. The molecular formula is C31H24ClN7O16S5. The van der Waals surface area contributed by atoms with E-state index in [1.54, 1.807) is 0 Å². The number of hydrogen-bond acceptors (Lipinski definition) is 19. The number of azo groups is 1. The van der Waals surface area contributed by atoms with Crippen LogP contribution in [0.25, 0.3) is 21.5 Å². The van der Waals surface area contributed by atoms with E-state index in [-0.39, 0.29) is 55.4 Å². The average molecular weight is 946 g/mol. The van der Waals surface area contributed by atoms with Crippen LogP contribution in [0, 0.1) is 0 Å². The molecule has 0 unspecified atom stereocenters. The second-order valence-corrected chi connectivity index (χ2v) is 19.7. The summed E-state index contributed by atoms with van der Waals surface area (Å²) in [5.41, 5.74) is -0.980. The van der Waals surface area contributed by atoms with Gasteiger partial charge in [0, 0.05) is 21.8 Å². The molecule has 1 heterocycles. The smallest absolute Gasteiger partial charge is 0.397 e. The van der Waals surface area contributed by atoms with Gasteiger partial charge < -0.3 is 15.7 Å². The van der Waals surface area contributed by atoms with Crippen LogP contribution in [0.15, 0.2) is 109 Å². The molecular weight excluding hydrogens is 922 g/mol. The largest absolute Gasteiger partial charge is 0.505 e. The molecule has 0 atom stereocenters. The minimum absolute atomic E-state index is 0.0239. The number of benzene rings is 5. The van der Waals surface area contributed by atoms with Gasteiger partial charge >= 0.3 is 10.4 Å². The van der Waals surface area contributed by atoms with Crippen LogP contribution in [0.1, 0.15) is 0 Å². The van der Waals surface area contributed by atoms with Crippen LogP contribution in [-0.4, -0.2) is 92.7 Å². The molecule has 0 aliphatic rings. The molecule has 0 amide bonds. The normalized spacial score (nSPS) is 12.9. The van der Waals surface area contributed by atoms with Gasteiger partial charge in [-0.05, 0) is 71.6 Å². The lowest BCUT2D eigenvalue weighted by Crippen LogP contribution is -2.15. The van der Waals surface area contributed by atoms with Crippen LogP contribution in [0.4, 0.5) is 34.6 Å². The first kappa shape index (κ1) is 44.0. The van der Waals surface area contributed by atoms with Gasteiger partial charge in [-0.25, -0.2) is 12.6 Å². The molecule has 0 aliphatic carbocycles. The van der Waals surface area contributed by atoms with Crippen molar-refractivity contribution in [2.45, 2.75) is 19.6 Å². The van der Waals surface area contributed by atoms with E-state index in [2.05, 4.69) is 40.0 Å². The third-order valence-electron chi connectivity index (χ3n) is 8.00. The molecule has 5 aromatic carbocycles. The second-order valence-electron chi connectivity index (χ2n) is 12.0. The van der Waals surface area contributed by atoms with E-state index in [1.165, 1.54) is 18.2 Å². The van der Waals surface area contributed by atoms with E-state index in [9.17, 15) is 60.9 Å². The monoisotopic (exact) mass is 945 g/mol. The molecule has 0 spiro atoms. The lowest BCUT2D eigenvalue weighted by molar-refractivity contribution is 0.284. The summed E-state index contributed by atoms with van der Waals surface area (Å²) >= 11 is 6.13. The quantitative estimate of drug-likeness (QED) is 0.0571. The summed E-state index contributed by atoms with van der Waals surface area (Å²) in [5, 5.41) is 23.3. The Morgan fingerprint density at radius 1 is 0.650 bits per heavy atom. The summed E-state index contributed by atoms with van der Waals surface area (Å²) < 4.78 is 162. The maximum atomic E-state index is 12.5. The molecule has 0 bridgehead atoms. The van der Waals surface area contributed by atoms with E-state index in [1.807, 2.05) is 0 Å². The Kier molecular flexibility index (Phi) is 11.9. The zero-order valence-electron chi connectivity index (χ0n) is 29.3. The lowest BCUT2D eigenvalue weighted by atomic mass is 10.1. The number of fused-ring (bicyclic) bond motifs is 2. The third-order valence-corrected chi connectivity index (χ3v) is 13.0. The standard InChI is InChI=1S/C31H24ClN7O16S5/c32-29-35-30(33-17-5-7-18(8-6-17)56(41,42)13-12-55-60(52,53)54)37-31(36-29)34-24-15-19(57(43,44)45)14-16-4-10-22(27(40)26(16)24)38-39-23-11-9-20-21(28(23)59(49,50)51)2-1-3-25(20)58(46,47)48/h1-11,14-15,40H,12-13H2,(H,43,44,45)(H,46,47,48)(H,49,50,51)(H,52,53,54)(H2,33,34,35,36,37). The van der Waals surface area contributed by atoms with Gasteiger partial charge in [-0.1, -0.05) is 24.3 Å². The van der Waals surface area contributed by atoms with Gasteiger partial charge in [0.2, 0.25) is 17.2 Å². The van der Waals surface area contributed by atoms with Crippen molar-refractivity contribution in [1.82, 2.24) is 15.0 Å². The summed E-state index contributed by atoms with van der Waals surface area (Å²) in [7, 11) is -23.8. The minimum atomic E-state index is -5.14. The predicted octanol–water partition coefficient (Wildman–Crippen LogP) is 4.77. The maximum Gasteiger partial charge on any atom is 0.397 e. The highest BCUT2D eigenvalue weighted by molar-refractivity contribution is 7.91. The molecule has 0 radical (unpaired) electrons. The van der Waals surface area contributed by atoms with Gasteiger partial charge in [0.15, 0.2) is 15.6 Å². The van der Waals surface area contributed by atoms with E-state index in [4.69, 9.17) is 16.2 Å². The number of halogens is 1. The van der Waals surface area contributed by atoms with Gasteiger partial charge in [0.25, 0.3) is 30.4 Å². The number of sulfone groups is 1. The third kappa shape index (κ3) is 10.1. The van der Waals surface area contributed by atoms with Crippen molar-refractivity contribution in [2.24, 2.45) is 10.2 Å². The van der Waals surface area contributed by atoms with Crippen molar-refractivity contribution in [3.05, 3.63) is 84.1 Å². The average Bonchev–Trinajstić information content (AvgIpc) is 3.12. The SMILES string of the molecule is O=S(=O)(O)OCCS(=O)(=O)c1ccc(Nc2nc(Cl)nc(Nc3cc(S(=O)(=O)O)cc4ccc(N=Nc5ccc6c(S(=O)(=O)O)cccc6c5S(=O)(=O)O)c(O)c34)n2)cc1. The molecule has 316 valence electrons. The Hall–Kier alpha value is -5.53. The topological polar surface area (TPSA) is 369 Å². The van der Waals surface area contributed by atoms with Crippen LogP contribution >= 0.6 is 11.6 Å². The molecule has 29 heteroatoms. The number of nitrogens with zero attached hydrogens (tertiary/aromatic N) is 5. The Morgan fingerprint density at radius 2 is 1.28 bits per heavy atom. The van der Waals surface area contributed by atoms with Gasteiger partial charge in [-0.15, -0.1) is 10.2 Å². The second kappa shape index (κ2) is 16.2. The van der Waals surface area contributed by atoms with Crippen molar-refractivity contribution in [3.63, 3.8) is 0 Å². The van der Waals surface area contributed by atoms with Gasteiger partial charge in [-0.3, -0.25) is 18.2 Å². The number of anilines is 4. The van der Waals surface area contributed by atoms with Crippen LogP contribution < -0.4 is 10.6 Å². The molecule has 23 nitrogen and oxygen atoms in total. The number of aromatic hydroxyl groups is 1. The zero-order valence-corrected chi connectivity index (χ0v) is 34.1.